The second kappa shape index (κ2) is 5.02. The molecule has 0 unspecified atom stereocenters. The average Bonchev–Trinajstić information content (AvgIpc) is 2.91. The highest BCUT2D eigenvalue weighted by molar-refractivity contribution is 5.84. The van der Waals surface area contributed by atoms with Crippen molar-refractivity contribution in [2.75, 3.05) is 0 Å². The number of hydrogen-bond acceptors (Lipinski definition) is 1. The highest BCUT2D eigenvalue weighted by atomic mass is 14.9. The summed E-state index contributed by atoms with van der Waals surface area (Å²) in [5, 5.41) is 0. The number of aryl methyl sites for hydroxylation is 4. The molecule has 0 N–H and O–H groups in total. The van der Waals surface area contributed by atoms with Crippen molar-refractivity contribution >= 4 is 0 Å². The Morgan fingerprint density at radius 3 is 2.65 bits per heavy atom. The van der Waals surface area contributed by atoms with Crippen LogP contribution in [0.2, 0.25) is 0 Å². The van der Waals surface area contributed by atoms with E-state index in [0.717, 1.165) is 23.5 Å². The third-order valence-corrected chi connectivity index (χ3v) is 4.66. The van der Waals surface area contributed by atoms with Gasteiger partial charge in [-0.3, -0.25) is 4.98 Å². The molecule has 2 nitrogen and oxygen atoms in total. The van der Waals surface area contributed by atoms with Crippen molar-refractivity contribution in [2.24, 2.45) is 7.05 Å². The lowest BCUT2D eigenvalue weighted by atomic mass is 9.94. The summed E-state index contributed by atoms with van der Waals surface area (Å²) in [7, 11) is 1.91. The van der Waals surface area contributed by atoms with Crippen LogP contribution in [0.1, 0.15) is 32.2 Å². The van der Waals surface area contributed by atoms with E-state index < -0.39 is 6.85 Å². The van der Waals surface area contributed by atoms with E-state index in [9.17, 15) is 0 Å². The van der Waals surface area contributed by atoms with Gasteiger partial charge in [0.1, 0.15) is 7.05 Å². The van der Waals surface area contributed by atoms with Gasteiger partial charge in [-0.2, -0.15) is 0 Å². The minimum absolute atomic E-state index is 0.356. The van der Waals surface area contributed by atoms with Gasteiger partial charge in [-0.05, 0) is 49.5 Å². The molecular formula is C21H21N2+. The van der Waals surface area contributed by atoms with Crippen molar-refractivity contribution in [1.82, 2.24) is 4.98 Å². The number of pyridine rings is 2. The van der Waals surface area contributed by atoms with Gasteiger partial charge < -0.3 is 0 Å². The maximum Gasteiger partial charge on any atom is 0.212 e. The van der Waals surface area contributed by atoms with E-state index in [1.807, 2.05) is 24.6 Å². The lowest BCUT2D eigenvalue weighted by Crippen LogP contribution is -2.31. The van der Waals surface area contributed by atoms with Crippen molar-refractivity contribution < 1.29 is 8.68 Å². The molecule has 1 aliphatic carbocycles. The van der Waals surface area contributed by atoms with Gasteiger partial charge in [-0.1, -0.05) is 18.2 Å². The van der Waals surface area contributed by atoms with Gasteiger partial charge in [0.05, 0.1) is 11.3 Å². The number of fused-ring (bicyclic) bond motifs is 3. The molecule has 4 rings (SSSR count). The summed E-state index contributed by atoms with van der Waals surface area (Å²) in [6.45, 7) is 2.03. The van der Waals surface area contributed by atoms with Crippen LogP contribution < -0.4 is 4.57 Å². The van der Waals surface area contributed by atoms with E-state index in [0.29, 0.717) is 5.56 Å². The minimum Gasteiger partial charge on any atom is -0.257 e. The summed E-state index contributed by atoms with van der Waals surface area (Å²) in [5.41, 5.74) is 9.60. The monoisotopic (exact) mass is 304 g/mol. The molecule has 0 aliphatic heterocycles. The Balaban J connectivity index is 1.90. The third kappa shape index (κ3) is 2.17. The van der Waals surface area contributed by atoms with Crippen molar-refractivity contribution in [2.45, 2.75) is 27.1 Å². The molecule has 1 aliphatic rings. The molecule has 2 heterocycles. The Morgan fingerprint density at radius 2 is 1.87 bits per heavy atom. The number of aromatic nitrogens is 2. The molecule has 2 aromatic heterocycles. The fourth-order valence-corrected chi connectivity index (χ4v) is 3.58. The van der Waals surface area contributed by atoms with Crippen LogP contribution in [0.25, 0.3) is 22.4 Å². The molecule has 0 spiro atoms. The van der Waals surface area contributed by atoms with Crippen LogP contribution >= 0.6 is 0 Å². The molecule has 0 saturated heterocycles. The second-order valence-electron chi connectivity index (χ2n) is 6.32. The van der Waals surface area contributed by atoms with Gasteiger partial charge in [0.2, 0.25) is 5.69 Å². The van der Waals surface area contributed by atoms with Crippen LogP contribution in [0, 0.1) is 20.7 Å². The largest absolute Gasteiger partial charge is 0.257 e. The Hall–Kier alpha value is -2.48. The molecule has 0 radical (unpaired) electrons. The molecule has 2 heteroatoms. The molecule has 23 heavy (non-hydrogen) atoms. The van der Waals surface area contributed by atoms with Crippen molar-refractivity contribution in [1.29, 1.82) is 0 Å². The van der Waals surface area contributed by atoms with E-state index >= 15 is 0 Å². The Bertz CT molecular complexity index is 1040. The second-order valence-corrected chi connectivity index (χ2v) is 6.32. The SMILES string of the molecule is [2H]C([2H])([2H])c1ccc(-c2c(C)ccc3c2Cc2nc(C)ccc2-3)[n+](C)c1. The smallest absolute Gasteiger partial charge is 0.212 e. The van der Waals surface area contributed by atoms with Gasteiger partial charge in [0.25, 0.3) is 0 Å². The number of benzene rings is 1. The molecular weight excluding hydrogens is 280 g/mol. The summed E-state index contributed by atoms with van der Waals surface area (Å²) in [6.07, 6.45) is 2.52. The van der Waals surface area contributed by atoms with E-state index in [4.69, 9.17) is 9.10 Å². The van der Waals surface area contributed by atoms with Crippen LogP contribution in [0.3, 0.4) is 0 Å². The zero-order valence-corrected chi connectivity index (χ0v) is 13.6. The molecule has 0 bridgehead atoms. The van der Waals surface area contributed by atoms with Crippen LogP contribution in [-0.4, -0.2) is 4.98 Å². The highest BCUT2D eigenvalue weighted by Gasteiger charge is 2.27. The molecule has 1 aromatic carbocycles. The van der Waals surface area contributed by atoms with Gasteiger partial charge in [-0.15, -0.1) is 0 Å². The fraction of sp³-hybridized carbons (Fsp3) is 0.238. The van der Waals surface area contributed by atoms with E-state index in [1.165, 1.54) is 27.8 Å². The first-order chi connectivity index (χ1) is 12.3. The van der Waals surface area contributed by atoms with Crippen LogP contribution in [0.4, 0.5) is 0 Å². The topological polar surface area (TPSA) is 16.8 Å². The lowest BCUT2D eigenvalue weighted by molar-refractivity contribution is -0.660. The van der Waals surface area contributed by atoms with Crippen molar-refractivity contribution in [3.63, 3.8) is 0 Å². The predicted molar refractivity (Wildman–Crippen MR) is 93.3 cm³/mol. The normalized spacial score (nSPS) is 14.7. The predicted octanol–water partition coefficient (Wildman–Crippen LogP) is 4.07. The van der Waals surface area contributed by atoms with Gasteiger partial charge in [0, 0.05) is 33.4 Å². The summed E-state index contributed by atoms with van der Waals surface area (Å²) in [4.78, 5) is 4.72. The third-order valence-electron chi connectivity index (χ3n) is 4.66. The first kappa shape index (κ1) is 11.1. The highest BCUT2D eigenvalue weighted by Crippen LogP contribution is 2.41. The Morgan fingerprint density at radius 1 is 1.04 bits per heavy atom. The number of nitrogens with zero attached hydrogens (tertiary/aromatic N) is 2. The number of rotatable bonds is 1. The summed E-state index contributed by atoms with van der Waals surface area (Å²) >= 11 is 0. The molecule has 0 saturated carbocycles. The molecule has 3 aromatic rings. The van der Waals surface area contributed by atoms with E-state index in [2.05, 4.69) is 31.2 Å². The first-order valence-electron chi connectivity index (χ1n) is 9.35. The zero-order valence-electron chi connectivity index (χ0n) is 16.6. The Kier molecular flexibility index (Phi) is 2.43. The summed E-state index contributed by atoms with van der Waals surface area (Å²) < 4.78 is 24.8. The van der Waals surface area contributed by atoms with Gasteiger partial charge in [-0.25, -0.2) is 4.57 Å². The van der Waals surface area contributed by atoms with Crippen LogP contribution in [0.15, 0.2) is 42.6 Å². The standard InChI is InChI=1S/C21H21N2/c1-13-5-10-20(23(4)12-13)21-14(2)6-8-16-17-9-7-15(3)22-19(17)11-18(16)21/h5-10,12H,11H2,1-4H3/q+1/i1D3. The maximum absolute atomic E-state index is 7.63. The lowest BCUT2D eigenvalue weighted by Gasteiger charge is -2.11. The summed E-state index contributed by atoms with van der Waals surface area (Å²) in [5.74, 6) is 0. The summed E-state index contributed by atoms with van der Waals surface area (Å²) in [6, 6.07) is 12.2. The quantitative estimate of drug-likeness (QED) is 0.484. The van der Waals surface area contributed by atoms with Crippen molar-refractivity contribution in [3.05, 3.63) is 70.7 Å². The first-order valence-corrected chi connectivity index (χ1v) is 7.85. The maximum atomic E-state index is 7.63. The minimum atomic E-state index is -2.10. The number of hydrogen-bond donors (Lipinski definition) is 0. The Labute approximate surface area is 141 Å². The van der Waals surface area contributed by atoms with Crippen molar-refractivity contribution in [3.8, 4) is 22.4 Å². The van der Waals surface area contributed by atoms with Crippen LogP contribution in [-0.2, 0) is 13.5 Å². The van der Waals surface area contributed by atoms with E-state index in [1.54, 1.807) is 12.3 Å². The van der Waals surface area contributed by atoms with Crippen LogP contribution in [0.5, 0.6) is 0 Å². The molecule has 0 fully saturated rings. The van der Waals surface area contributed by atoms with E-state index in [-0.39, 0.29) is 0 Å². The van der Waals surface area contributed by atoms with Gasteiger partial charge in [0.15, 0.2) is 6.20 Å². The van der Waals surface area contributed by atoms with Gasteiger partial charge >= 0.3 is 0 Å². The molecule has 114 valence electrons. The molecule has 0 amide bonds. The molecule has 0 atom stereocenters. The fourth-order valence-electron chi connectivity index (χ4n) is 3.58. The zero-order chi connectivity index (χ0) is 18.6. The average molecular weight is 304 g/mol.